The molecule has 10 heavy (non-hydrogen) atoms. The Morgan fingerprint density at radius 1 is 1.60 bits per heavy atom. The standard InChI is InChI=1S/C9H14O/c1-3-9(10)8-6-4-5-7(8)2/h3,7-8H,1,4-6H2,2H3. The summed E-state index contributed by atoms with van der Waals surface area (Å²) in [7, 11) is 0. The van der Waals surface area contributed by atoms with Crippen molar-refractivity contribution in [3.05, 3.63) is 12.7 Å². The van der Waals surface area contributed by atoms with Crippen molar-refractivity contribution >= 4 is 5.78 Å². The van der Waals surface area contributed by atoms with E-state index in [4.69, 9.17) is 0 Å². The minimum absolute atomic E-state index is 0.241. The molecule has 0 amide bonds. The van der Waals surface area contributed by atoms with Gasteiger partial charge in [-0.05, 0) is 24.8 Å². The normalized spacial score (nSPS) is 32.1. The molecule has 1 heteroatoms. The van der Waals surface area contributed by atoms with Crippen LogP contribution < -0.4 is 0 Å². The molecule has 1 aliphatic carbocycles. The second kappa shape index (κ2) is 3.00. The van der Waals surface area contributed by atoms with Crippen LogP contribution in [0.5, 0.6) is 0 Å². The van der Waals surface area contributed by atoms with Gasteiger partial charge in [0, 0.05) is 5.92 Å². The van der Waals surface area contributed by atoms with Crippen LogP contribution in [0.3, 0.4) is 0 Å². The fraction of sp³-hybridized carbons (Fsp3) is 0.667. The summed E-state index contributed by atoms with van der Waals surface area (Å²) in [6.45, 7) is 5.64. The number of ketones is 1. The highest BCUT2D eigenvalue weighted by molar-refractivity contribution is 5.91. The fourth-order valence-corrected chi connectivity index (χ4v) is 1.72. The molecule has 0 spiro atoms. The van der Waals surface area contributed by atoms with E-state index in [0.717, 1.165) is 6.42 Å². The number of hydrogen-bond acceptors (Lipinski definition) is 1. The highest BCUT2D eigenvalue weighted by Crippen LogP contribution is 2.31. The predicted molar refractivity (Wildman–Crippen MR) is 41.7 cm³/mol. The first-order valence-corrected chi connectivity index (χ1v) is 3.92. The first-order chi connectivity index (χ1) is 4.75. The lowest BCUT2D eigenvalue weighted by Gasteiger charge is -2.09. The van der Waals surface area contributed by atoms with Crippen molar-refractivity contribution in [3.63, 3.8) is 0 Å². The van der Waals surface area contributed by atoms with Gasteiger partial charge in [0.1, 0.15) is 0 Å². The molecule has 1 saturated carbocycles. The maximum atomic E-state index is 11.1. The van der Waals surface area contributed by atoms with E-state index in [1.54, 1.807) is 0 Å². The first-order valence-electron chi connectivity index (χ1n) is 3.92. The largest absolute Gasteiger partial charge is 0.295 e. The van der Waals surface area contributed by atoms with Crippen LogP contribution in [-0.4, -0.2) is 5.78 Å². The van der Waals surface area contributed by atoms with Crippen LogP contribution in [0, 0.1) is 11.8 Å². The Morgan fingerprint density at radius 3 is 2.70 bits per heavy atom. The monoisotopic (exact) mass is 138 g/mol. The lowest BCUT2D eigenvalue weighted by Crippen LogP contribution is -2.13. The van der Waals surface area contributed by atoms with E-state index in [1.807, 2.05) is 0 Å². The zero-order valence-corrected chi connectivity index (χ0v) is 6.47. The summed E-state index contributed by atoms with van der Waals surface area (Å²) < 4.78 is 0. The molecular formula is C9H14O. The quantitative estimate of drug-likeness (QED) is 0.534. The second-order valence-electron chi connectivity index (χ2n) is 3.12. The number of rotatable bonds is 2. The topological polar surface area (TPSA) is 17.1 Å². The maximum absolute atomic E-state index is 11.1. The van der Waals surface area contributed by atoms with Crippen molar-refractivity contribution in [1.29, 1.82) is 0 Å². The SMILES string of the molecule is C=CC(=O)C1CCCC1C. The summed E-state index contributed by atoms with van der Waals surface area (Å²) >= 11 is 0. The molecule has 0 aromatic carbocycles. The molecule has 0 heterocycles. The highest BCUT2D eigenvalue weighted by Gasteiger charge is 2.27. The van der Waals surface area contributed by atoms with Crippen LogP contribution in [0.25, 0.3) is 0 Å². The summed E-state index contributed by atoms with van der Waals surface area (Å²) in [4.78, 5) is 11.1. The third-order valence-electron chi connectivity index (χ3n) is 2.43. The smallest absolute Gasteiger partial charge is 0.158 e. The van der Waals surface area contributed by atoms with Crippen LogP contribution in [0.1, 0.15) is 26.2 Å². The molecule has 1 nitrogen and oxygen atoms in total. The molecule has 1 aliphatic rings. The molecule has 2 unspecified atom stereocenters. The van der Waals surface area contributed by atoms with E-state index in [2.05, 4.69) is 13.5 Å². The minimum Gasteiger partial charge on any atom is -0.295 e. The Hall–Kier alpha value is -0.590. The van der Waals surface area contributed by atoms with E-state index >= 15 is 0 Å². The van der Waals surface area contributed by atoms with Gasteiger partial charge in [-0.3, -0.25) is 4.79 Å². The van der Waals surface area contributed by atoms with E-state index in [-0.39, 0.29) is 11.7 Å². The summed E-state index contributed by atoms with van der Waals surface area (Å²) in [5, 5.41) is 0. The predicted octanol–water partition coefficient (Wildman–Crippen LogP) is 2.18. The Bertz CT molecular complexity index is 149. The van der Waals surface area contributed by atoms with Crippen LogP contribution in [-0.2, 0) is 4.79 Å². The van der Waals surface area contributed by atoms with Gasteiger partial charge in [0.25, 0.3) is 0 Å². The van der Waals surface area contributed by atoms with Gasteiger partial charge in [-0.15, -0.1) is 0 Å². The lowest BCUT2D eigenvalue weighted by atomic mass is 9.94. The molecule has 0 aliphatic heterocycles. The average Bonchev–Trinajstić information content (AvgIpc) is 2.34. The van der Waals surface area contributed by atoms with Crippen LogP contribution in [0.2, 0.25) is 0 Å². The van der Waals surface area contributed by atoms with Crippen molar-refractivity contribution in [2.45, 2.75) is 26.2 Å². The van der Waals surface area contributed by atoms with Gasteiger partial charge in [-0.1, -0.05) is 19.9 Å². The zero-order chi connectivity index (χ0) is 7.56. The van der Waals surface area contributed by atoms with E-state index in [0.29, 0.717) is 5.92 Å². The maximum Gasteiger partial charge on any atom is 0.158 e. The van der Waals surface area contributed by atoms with Gasteiger partial charge in [0.05, 0.1) is 0 Å². The van der Waals surface area contributed by atoms with Crippen molar-refractivity contribution in [1.82, 2.24) is 0 Å². The van der Waals surface area contributed by atoms with Crippen LogP contribution >= 0.6 is 0 Å². The van der Waals surface area contributed by atoms with E-state index in [9.17, 15) is 4.79 Å². The van der Waals surface area contributed by atoms with Gasteiger partial charge >= 0.3 is 0 Å². The Balaban J connectivity index is 2.54. The van der Waals surface area contributed by atoms with E-state index in [1.165, 1.54) is 18.9 Å². The molecule has 1 fully saturated rings. The Labute approximate surface area is 62.1 Å². The molecule has 56 valence electrons. The highest BCUT2D eigenvalue weighted by atomic mass is 16.1. The average molecular weight is 138 g/mol. The Morgan fingerprint density at radius 2 is 2.30 bits per heavy atom. The van der Waals surface area contributed by atoms with Gasteiger partial charge < -0.3 is 0 Å². The minimum atomic E-state index is 0.241. The molecule has 0 radical (unpaired) electrons. The van der Waals surface area contributed by atoms with Crippen molar-refractivity contribution in [2.24, 2.45) is 11.8 Å². The summed E-state index contributed by atoms with van der Waals surface area (Å²) in [6.07, 6.45) is 4.97. The van der Waals surface area contributed by atoms with E-state index < -0.39 is 0 Å². The van der Waals surface area contributed by atoms with Crippen LogP contribution in [0.15, 0.2) is 12.7 Å². The summed E-state index contributed by atoms with van der Waals surface area (Å²) in [6, 6.07) is 0. The van der Waals surface area contributed by atoms with Gasteiger partial charge in [-0.2, -0.15) is 0 Å². The van der Waals surface area contributed by atoms with Crippen LogP contribution in [0.4, 0.5) is 0 Å². The van der Waals surface area contributed by atoms with Crippen molar-refractivity contribution < 1.29 is 4.79 Å². The summed E-state index contributed by atoms with van der Waals surface area (Å²) in [5.74, 6) is 1.12. The van der Waals surface area contributed by atoms with Gasteiger partial charge in [-0.25, -0.2) is 0 Å². The third-order valence-corrected chi connectivity index (χ3v) is 2.43. The van der Waals surface area contributed by atoms with Crippen molar-refractivity contribution in [3.8, 4) is 0 Å². The number of allylic oxidation sites excluding steroid dienone is 1. The molecule has 2 atom stereocenters. The second-order valence-corrected chi connectivity index (χ2v) is 3.12. The molecule has 0 aromatic rings. The fourth-order valence-electron chi connectivity index (χ4n) is 1.72. The third kappa shape index (κ3) is 1.28. The molecule has 0 N–H and O–H groups in total. The molecule has 1 rings (SSSR count). The molecule has 0 aromatic heterocycles. The molecule has 0 saturated heterocycles. The number of hydrogen-bond donors (Lipinski definition) is 0. The molecular weight excluding hydrogens is 124 g/mol. The van der Waals surface area contributed by atoms with Gasteiger partial charge in [0.2, 0.25) is 0 Å². The number of carbonyl (C=O) groups is 1. The molecule has 0 bridgehead atoms. The van der Waals surface area contributed by atoms with Gasteiger partial charge in [0.15, 0.2) is 5.78 Å². The summed E-state index contributed by atoms with van der Waals surface area (Å²) in [5.41, 5.74) is 0. The van der Waals surface area contributed by atoms with Crippen molar-refractivity contribution in [2.75, 3.05) is 0 Å². The number of carbonyl (C=O) groups excluding carboxylic acids is 1. The Kier molecular flexibility index (Phi) is 2.25. The lowest BCUT2D eigenvalue weighted by molar-refractivity contribution is -0.118. The zero-order valence-electron chi connectivity index (χ0n) is 6.47. The first kappa shape index (κ1) is 7.52.